The standard InChI is InChI=1S/C28H29BrN2OS/c1-31(2)17-16-28(32,22-12-8-5-9-13-22)26(20-10-6-4-7-11-20)24-19-21-18-23(29)14-15-25(21)30-27(24)33-3/h4-15,18-19,26,32H,16-17H2,1-3H3. The van der Waals surface area contributed by atoms with Crippen LogP contribution in [0.2, 0.25) is 0 Å². The number of pyridine rings is 1. The minimum Gasteiger partial charge on any atom is -0.384 e. The zero-order chi connectivity index (χ0) is 23.4. The number of aliphatic hydroxyl groups is 1. The fraction of sp³-hybridized carbons (Fsp3) is 0.250. The summed E-state index contributed by atoms with van der Waals surface area (Å²) in [4.78, 5) is 7.13. The fourth-order valence-electron chi connectivity index (χ4n) is 4.45. The first-order valence-corrected chi connectivity index (χ1v) is 13.1. The van der Waals surface area contributed by atoms with Gasteiger partial charge in [-0.2, -0.15) is 0 Å². The van der Waals surface area contributed by atoms with Gasteiger partial charge in [0.1, 0.15) is 10.6 Å². The minimum absolute atomic E-state index is 0.278. The van der Waals surface area contributed by atoms with Gasteiger partial charge in [0.15, 0.2) is 0 Å². The Balaban J connectivity index is 2.00. The topological polar surface area (TPSA) is 36.4 Å². The molecule has 0 amide bonds. The summed E-state index contributed by atoms with van der Waals surface area (Å²) in [7, 11) is 4.09. The lowest BCUT2D eigenvalue weighted by atomic mass is 9.72. The van der Waals surface area contributed by atoms with Crippen LogP contribution in [0.25, 0.3) is 10.9 Å². The molecule has 0 bridgehead atoms. The molecule has 3 aromatic carbocycles. The predicted octanol–water partition coefficient (Wildman–Crippen LogP) is 6.69. The summed E-state index contributed by atoms with van der Waals surface area (Å²) in [6.45, 7) is 0.760. The van der Waals surface area contributed by atoms with Gasteiger partial charge in [-0.05, 0) is 67.7 Å². The highest BCUT2D eigenvalue weighted by Crippen LogP contribution is 2.47. The average molecular weight is 522 g/mol. The first-order chi connectivity index (χ1) is 15.9. The van der Waals surface area contributed by atoms with E-state index in [1.165, 1.54) is 0 Å². The molecule has 5 heteroatoms. The maximum Gasteiger partial charge on any atom is 0.102 e. The van der Waals surface area contributed by atoms with E-state index in [9.17, 15) is 5.11 Å². The van der Waals surface area contributed by atoms with Gasteiger partial charge < -0.3 is 10.0 Å². The van der Waals surface area contributed by atoms with Crippen molar-refractivity contribution in [2.75, 3.05) is 26.9 Å². The molecule has 3 nitrogen and oxygen atoms in total. The molecule has 0 fully saturated rings. The Morgan fingerprint density at radius 2 is 1.64 bits per heavy atom. The fourth-order valence-corrected chi connectivity index (χ4v) is 5.43. The summed E-state index contributed by atoms with van der Waals surface area (Å²) in [6.07, 6.45) is 2.65. The highest BCUT2D eigenvalue weighted by molar-refractivity contribution is 9.10. The number of hydrogen-bond acceptors (Lipinski definition) is 4. The normalized spacial score (nSPS) is 14.4. The number of fused-ring (bicyclic) bond motifs is 1. The number of halogens is 1. The van der Waals surface area contributed by atoms with Crippen LogP contribution in [0, 0.1) is 0 Å². The molecule has 0 aliphatic heterocycles. The molecule has 1 N–H and O–H groups in total. The lowest BCUT2D eigenvalue weighted by Crippen LogP contribution is -2.37. The average Bonchev–Trinajstić information content (AvgIpc) is 2.83. The summed E-state index contributed by atoms with van der Waals surface area (Å²) >= 11 is 5.23. The van der Waals surface area contributed by atoms with Crippen LogP contribution < -0.4 is 0 Å². The highest BCUT2D eigenvalue weighted by atomic mass is 79.9. The maximum absolute atomic E-state index is 12.6. The Labute approximate surface area is 209 Å². The monoisotopic (exact) mass is 520 g/mol. The van der Waals surface area contributed by atoms with E-state index in [0.717, 1.165) is 43.6 Å². The lowest BCUT2D eigenvalue weighted by Gasteiger charge is -2.39. The van der Waals surface area contributed by atoms with Crippen molar-refractivity contribution in [1.82, 2.24) is 9.88 Å². The Bertz CT molecular complexity index is 1220. The molecule has 0 saturated carbocycles. The minimum atomic E-state index is -1.11. The second-order valence-corrected chi connectivity index (χ2v) is 10.3. The molecular weight excluding hydrogens is 492 g/mol. The zero-order valence-electron chi connectivity index (χ0n) is 19.2. The lowest BCUT2D eigenvalue weighted by molar-refractivity contribution is 0.00372. The van der Waals surface area contributed by atoms with Crippen LogP contribution in [0.5, 0.6) is 0 Å². The summed E-state index contributed by atoms with van der Waals surface area (Å²) in [5, 5.41) is 14.6. The van der Waals surface area contributed by atoms with Crippen molar-refractivity contribution in [3.63, 3.8) is 0 Å². The van der Waals surface area contributed by atoms with Crippen LogP contribution in [-0.2, 0) is 5.60 Å². The van der Waals surface area contributed by atoms with Crippen molar-refractivity contribution in [3.05, 3.63) is 106 Å². The van der Waals surface area contributed by atoms with Crippen LogP contribution >= 0.6 is 27.7 Å². The molecule has 170 valence electrons. The van der Waals surface area contributed by atoms with E-state index in [2.05, 4.69) is 51.4 Å². The predicted molar refractivity (Wildman–Crippen MR) is 143 cm³/mol. The van der Waals surface area contributed by atoms with E-state index in [1.54, 1.807) is 11.8 Å². The van der Waals surface area contributed by atoms with Crippen LogP contribution in [0.4, 0.5) is 0 Å². The highest BCUT2D eigenvalue weighted by Gasteiger charge is 2.41. The maximum atomic E-state index is 12.6. The molecule has 0 radical (unpaired) electrons. The number of benzene rings is 3. The molecule has 0 spiro atoms. The van der Waals surface area contributed by atoms with Crippen molar-refractivity contribution in [2.24, 2.45) is 0 Å². The van der Waals surface area contributed by atoms with E-state index < -0.39 is 5.60 Å². The van der Waals surface area contributed by atoms with Crippen LogP contribution in [-0.4, -0.2) is 41.9 Å². The number of nitrogens with zero attached hydrogens (tertiary/aromatic N) is 2. The van der Waals surface area contributed by atoms with Gasteiger partial charge in [0.2, 0.25) is 0 Å². The van der Waals surface area contributed by atoms with Crippen molar-refractivity contribution in [3.8, 4) is 0 Å². The van der Waals surface area contributed by atoms with Gasteiger partial charge >= 0.3 is 0 Å². The number of hydrogen-bond donors (Lipinski definition) is 1. The van der Waals surface area contributed by atoms with Crippen LogP contribution in [0.15, 0.2) is 94.4 Å². The third-order valence-electron chi connectivity index (χ3n) is 6.10. The Kier molecular flexibility index (Phi) is 7.55. The summed E-state index contributed by atoms with van der Waals surface area (Å²) in [6, 6.07) is 28.8. The Morgan fingerprint density at radius 1 is 0.970 bits per heavy atom. The largest absolute Gasteiger partial charge is 0.384 e. The third-order valence-corrected chi connectivity index (χ3v) is 7.31. The van der Waals surface area contributed by atoms with E-state index in [1.807, 2.05) is 74.8 Å². The molecule has 4 aromatic rings. The van der Waals surface area contributed by atoms with E-state index >= 15 is 0 Å². The smallest absolute Gasteiger partial charge is 0.102 e. The molecule has 2 unspecified atom stereocenters. The van der Waals surface area contributed by atoms with E-state index in [-0.39, 0.29) is 5.92 Å². The van der Waals surface area contributed by atoms with E-state index in [4.69, 9.17) is 4.98 Å². The Morgan fingerprint density at radius 3 is 2.27 bits per heavy atom. The molecule has 4 rings (SSSR count). The molecule has 33 heavy (non-hydrogen) atoms. The van der Waals surface area contributed by atoms with Crippen molar-refractivity contribution in [2.45, 2.75) is 23.0 Å². The third kappa shape index (κ3) is 5.17. The van der Waals surface area contributed by atoms with Gasteiger partial charge in [0.25, 0.3) is 0 Å². The quantitative estimate of drug-likeness (QED) is 0.262. The second kappa shape index (κ2) is 10.4. The molecular formula is C28H29BrN2OS. The van der Waals surface area contributed by atoms with Gasteiger partial charge in [-0.1, -0.05) is 76.6 Å². The number of rotatable bonds is 8. The second-order valence-electron chi connectivity index (χ2n) is 8.61. The number of thioether (sulfide) groups is 1. The molecule has 1 heterocycles. The molecule has 1 aromatic heterocycles. The van der Waals surface area contributed by atoms with Crippen molar-refractivity contribution < 1.29 is 5.11 Å². The molecule has 0 saturated heterocycles. The SMILES string of the molecule is CSc1nc2ccc(Br)cc2cc1C(c1ccccc1)C(O)(CCN(C)C)c1ccccc1. The first kappa shape index (κ1) is 24.0. The van der Waals surface area contributed by atoms with Crippen LogP contribution in [0.3, 0.4) is 0 Å². The van der Waals surface area contributed by atoms with Crippen LogP contribution in [0.1, 0.15) is 29.0 Å². The van der Waals surface area contributed by atoms with Gasteiger partial charge in [0, 0.05) is 22.3 Å². The Hall–Kier alpha value is -2.18. The van der Waals surface area contributed by atoms with Gasteiger partial charge in [-0.3, -0.25) is 0 Å². The van der Waals surface area contributed by atoms with Crippen molar-refractivity contribution >= 4 is 38.6 Å². The molecule has 2 atom stereocenters. The van der Waals surface area contributed by atoms with Crippen molar-refractivity contribution in [1.29, 1.82) is 0 Å². The van der Waals surface area contributed by atoms with E-state index in [0.29, 0.717) is 6.42 Å². The molecule has 0 aliphatic rings. The van der Waals surface area contributed by atoms with Gasteiger partial charge in [-0.25, -0.2) is 4.98 Å². The molecule has 0 aliphatic carbocycles. The van der Waals surface area contributed by atoms with Gasteiger partial charge in [-0.15, -0.1) is 11.8 Å². The van der Waals surface area contributed by atoms with Gasteiger partial charge in [0.05, 0.1) is 5.52 Å². The summed E-state index contributed by atoms with van der Waals surface area (Å²) < 4.78 is 1.02. The summed E-state index contributed by atoms with van der Waals surface area (Å²) in [5.74, 6) is -0.278. The summed E-state index contributed by atoms with van der Waals surface area (Å²) in [5.41, 5.74) is 2.88. The zero-order valence-corrected chi connectivity index (χ0v) is 21.6. The first-order valence-electron chi connectivity index (χ1n) is 11.0. The number of aromatic nitrogens is 1.